The van der Waals surface area contributed by atoms with Crippen molar-refractivity contribution in [1.82, 2.24) is 20.0 Å². The Morgan fingerprint density at radius 2 is 2.08 bits per heavy atom. The van der Waals surface area contributed by atoms with E-state index in [1.54, 1.807) is 24.9 Å². The van der Waals surface area contributed by atoms with E-state index >= 15 is 0 Å². The van der Waals surface area contributed by atoms with E-state index in [1.165, 1.54) is 0 Å². The van der Waals surface area contributed by atoms with Gasteiger partial charge in [0.1, 0.15) is 0 Å². The number of hydrogen-bond donors (Lipinski definition) is 2. The fourth-order valence-electron chi connectivity index (χ4n) is 2.50. The monoisotopic (exact) mass is 330 g/mol. The van der Waals surface area contributed by atoms with Crippen LogP contribution in [-0.4, -0.2) is 44.5 Å². The van der Waals surface area contributed by atoms with Crippen molar-refractivity contribution in [2.75, 3.05) is 13.1 Å². The predicted molar refractivity (Wildman–Crippen MR) is 93.6 cm³/mol. The Kier molecular flexibility index (Phi) is 5.98. The molecule has 0 atom stereocenters. The van der Waals surface area contributed by atoms with Gasteiger partial charge in [0.15, 0.2) is 0 Å². The van der Waals surface area contributed by atoms with Crippen molar-refractivity contribution in [2.24, 2.45) is 0 Å². The highest BCUT2D eigenvalue weighted by molar-refractivity contribution is 5.74. The summed E-state index contributed by atoms with van der Waals surface area (Å²) < 4.78 is 1.86. The maximum atomic E-state index is 12.3. The minimum Gasteiger partial charge on any atom is -0.389 e. The second-order valence-corrected chi connectivity index (χ2v) is 6.51. The molecule has 2 N–H and O–H groups in total. The summed E-state index contributed by atoms with van der Waals surface area (Å²) in [5.41, 5.74) is 1.26. The van der Waals surface area contributed by atoms with Crippen molar-refractivity contribution in [3.8, 4) is 0 Å². The van der Waals surface area contributed by atoms with Crippen LogP contribution in [0.2, 0.25) is 0 Å². The highest BCUT2D eigenvalue weighted by atomic mass is 16.3. The summed E-state index contributed by atoms with van der Waals surface area (Å²) >= 11 is 0. The summed E-state index contributed by atoms with van der Waals surface area (Å²) in [6, 6.07) is 9.80. The van der Waals surface area contributed by atoms with E-state index in [4.69, 9.17) is 0 Å². The van der Waals surface area contributed by atoms with Crippen LogP contribution in [0, 0.1) is 0 Å². The first kappa shape index (κ1) is 18.0. The highest BCUT2D eigenvalue weighted by Crippen LogP contribution is 2.08. The molecule has 6 nitrogen and oxygen atoms in total. The number of benzene rings is 1. The molecule has 0 fully saturated rings. The average molecular weight is 330 g/mol. The first-order valence-corrected chi connectivity index (χ1v) is 8.18. The van der Waals surface area contributed by atoms with E-state index in [0.29, 0.717) is 26.2 Å². The third kappa shape index (κ3) is 5.70. The smallest absolute Gasteiger partial charge is 0.317 e. The van der Waals surface area contributed by atoms with Crippen molar-refractivity contribution >= 4 is 6.03 Å². The Balaban J connectivity index is 1.92. The number of aromatic nitrogens is 2. The number of amides is 2. The normalized spacial score (nSPS) is 11.3. The van der Waals surface area contributed by atoms with Crippen LogP contribution in [0.25, 0.3) is 0 Å². The fourth-order valence-corrected chi connectivity index (χ4v) is 2.50. The molecule has 0 aliphatic heterocycles. The molecular weight excluding hydrogens is 304 g/mol. The number of nitrogens with zero attached hydrogens (tertiary/aromatic N) is 3. The molecule has 0 spiro atoms. The summed E-state index contributed by atoms with van der Waals surface area (Å²) in [6.07, 6.45) is 3.68. The van der Waals surface area contributed by atoms with Gasteiger partial charge in [0, 0.05) is 25.5 Å². The third-order valence-electron chi connectivity index (χ3n) is 3.59. The largest absolute Gasteiger partial charge is 0.389 e. The molecule has 1 heterocycles. The summed E-state index contributed by atoms with van der Waals surface area (Å²) in [6.45, 7) is 7.30. The molecular formula is C18H26N4O2. The van der Waals surface area contributed by atoms with Gasteiger partial charge in [-0.1, -0.05) is 24.3 Å². The number of likely N-dealkylation sites (N-methyl/N-ethyl adjacent to an activating group) is 1. The highest BCUT2D eigenvalue weighted by Gasteiger charge is 2.20. The minimum absolute atomic E-state index is 0.169. The Morgan fingerprint density at radius 3 is 2.71 bits per heavy atom. The van der Waals surface area contributed by atoms with Crippen LogP contribution in [0.1, 0.15) is 31.9 Å². The van der Waals surface area contributed by atoms with Gasteiger partial charge in [-0.2, -0.15) is 5.10 Å². The van der Waals surface area contributed by atoms with Crippen LogP contribution in [0.4, 0.5) is 4.79 Å². The summed E-state index contributed by atoms with van der Waals surface area (Å²) in [4.78, 5) is 13.9. The van der Waals surface area contributed by atoms with E-state index < -0.39 is 5.60 Å². The van der Waals surface area contributed by atoms with Gasteiger partial charge in [0.2, 0.25) is 0 Å². The van der Waals surface area contributed by atoms with Crippen LogP contribution in [0.5, 0.6) is 0 Å². The lowest BCUT2D eigenvalue weighted by atomic mass is 10.1. The average Bonchev–Trinajstić information content (AvgIpc) is 3.02. The van der Waals surface area contributed by atoms with E-state index in [2.05, 4.69) is 16.5 Å². The zero-order chi connectivity index (χ0) is 17.6. The number of hydrogen-bond acceptors (Lipinski definition) is 3. The van der Waals surface area contributed by atoms with Crippen molar-refractivity contribution in [3.63, 3.8) is 0 Å². The molecule has 0 bridgehead atoms. The molecule has 0 aliphatic rings. The van der Waals surface area contributed by atoms with Gasteiger partial charge in [0.25, 0.3) is 0 Å². The second kappa shape index (κ2) is 7.97. The lowest BCUT2D eigenvalue weighted by Gasteiger charge is -2.28. The lowest BCUT2D eigenvalue weighted by molar-refractivity contribution is 0.0480. The molecule has 130 valence electrons. The van der Waals surface area contributed by atoms with Crippen LogP contribution in [-0.2, 0) is 13.1 Å². The molecule has 0 aliphatic carbocycles. The minimum atomic E-state index is -0.906. The molecule has 1 aromatic carbocycles. The second-order valence-electron chi connectivity index (χ2n) is 6.51. The molecule has 2 rings (SSSR count). The quantitative estimate of drug-likeness (QED) is 0.818. The van der Waals surface area contributed by atoms with Gasteiger partial charge in [-0.25, -0.2) is 4.79 Å². The van der Waals surface area contributed by atoms with Crippen molar-refractivity contribution < 1.29 is 9.90 Å². The maximum absolute atomic E-state index is 12.3. The zero-order valence-electron chi connectivity index (χ0n) is 14.6. The number of rotatable bonds is 7. The first-order valence-electron chi connectivity index (χ1n) is 8.18. The van der Waals surface area contributed by atoms with Gasteiger partial charge >= 0.3 is 6.03 Å². The molecule has 0 saturated carbocycles. The summed E-state index contributed by atoms with van der Waals surface area (Å²) in [7, 11) is 0. The van der Waals surface area contributed by atoms with Gasteiger partial charge < -0.3 is 15.3 Å². The van der Waals surface area contributed by atoms with E-state index in [0.717, 1.165) is 11.1 Å². The van der Waals surface area contributed by atoms with Gasteiger partial charge in [-0.15, -0.1) is 0 Å². The standard InChI is InChI=1S/C18H26N4O2/c1-4-21(14-18(2,3)24)17(23)19-12-15-7-5-8-16(11-15)13-22-10-6-9-20-22/h5-11,24H,4,12-14H2,1-3H3,(H,19,23). The first-order chi connectivity index (χ1) is 11.4. The maximum Gasteiger partial charge on any atom is 0.317 e. The molecule has 24 heavy (non-hydrogen) atoms. The van der Waals surface area contributed by atoms with Crippen LogP contribution in [0.15, 0.2) is 42.7 Å². The summed E-state index contributed by atoms with van der Waals surface area (Å²) in [5.74, 6) is 0. The van der Waals surface area contributed by atoms with Crippen molar-refractivity contribution in [2.45, 2.75) is 39.5 Å². The van der Waals surface area contributed by atoms with Gasteiger partial charge in [-0.3, -0.25) is 4.68 Å². The molecule has 1 aromatic heterocycles. The fraction of sp³-hybridized carbons (Fsp3) is 0.444. The molecule has 6 heteroatoms. The molecule has 0 saturated heterocycles. The van der Waals surface area contributed by atoms with Crippen molar-refractivity contribution in [1.29, 1.82) is 0 Å². The Bertz CT molecular complexity index is 647. The van der Waals surface area contributed by atoms with E-state index in [1.807, 2.05) is 42.1 Å². The topological polar surface area (TPSA) is 70.4 Å². The van der Waals surface area contributed by atoms with E-state index in [-0.39, 0.29) is 6.03 Å². The number of carbonyl (C=O) groups is 1. The van der Waals surface area contributed by atoms with Gasteiger partial charge in [0.05, 0.1) is 18.7 Å². The SMILES string of the molecule is CCN(CC(C)(C)O)C(=O)NCc1cccc(Cn2cccn2)c1. The van der Waals surface area contributed by atoms with Crippen LogP contribution < -0.4 is 5.32 Å². The van der Waals surface area contributed by atoms with Gasteiger partial charge in [-0.05, 0) is 38.0 Å². The van der Waals surface area contributed by atoms with Crippen LogP contribution in [0.3, 0.4) is 0 Å². The predicted octanol–water partition coefficient (Wildman–Crippen LogP) is 2.23. The third-order valence-corrected chi connectivity index (χ3v) is 3.59. The van der Waals surface area contributed by atoms with E-state index in [9.17, 15) is 9.90 Å². The Morgan fingerprint density at radius 1 is 1.33 bits per heavy atom. The summed E-state index contributed by atoms with van der Waals surface area (Å²) in [5, 5.41) is 17.0. The Hall–Kier alpha value is -2.34. The van der Waals surface area contributed by atoms with Crippen LogP contribution >= 0.6 is 0 Å². The number of urea groups is 1. The number of aliphatic hydroxyl groups is 1. The molecule has 2 aromatic rings. The van der Waals surface area contributed by atoms with Crippen molar-refractivity contribution in [3.05, 3.63) is 53.9 Å². The number of carbonyl (C=O) groups excluding carboxylic acids is 1. The molecule has 0 unspecified atom stereocenters. The Labute approximate surface area is 143 Å². The molecule has 0 radical (unpaired) electrons. The zero-order valence-corrected chi connectivity index (χ0v) is 14.6. The lowest BCUT2D eigenvalue weighted by Crippen LogP contribution is -2.46. The number of nitrogens with one attached hydrogen (secondary N) is 1. The molecule has 2 amide bonds.